The van der Waals surface area contributed by atoms with Gasteiger partial charge in [0.15, 0.2) is 4.73 Å². The normalized spacial score (nSPS) is 22.4. The maximum absolute atomic E-state index is 9.76. The molecule has 14 heavy (non-hydrogen) atoms. The Kier molecular flexibility index (Phi) is 2.98. The summed E-state index contributed by atoms with van der Waals surface area (Å²) in [5, 5.41) is 9.76. The fraction of sp³-hybridized carbons (Fsp3) is 0.556. The summed E-state index contributed by atoms with van der Waals surface area (Å²) in [7, 11) is 0. The number of hydrogen-bond donors (Lipinski definition) is 1. The van der Waals surface area contributed by atoms with Crippen LogP contribution >= 0.6 is 15.9 Å². The van der Waals surface area contributed by atoms with E-state index in [1.165, 1.54) is 0 Å². The minimum atomic E-state index is -0.398. The Morgan fingerprint density at radius 2 is 2.36 bits per heavy atom. The highest BCUT2D eigenvalue weighted by Crippen LogP contribution is 2.21. The Bertz CT molecular complexity index is 321. The molecule has 0 radical (unpaired) electrons. The Labute approximate surface area is 91.1 Å². The summed E-state index contributed by atoms with van der Waals surface area (Å²) < 4.78 is 0.563. The molecule has 0 aromatic carbocycles. The van der Waals surface area contributed by atoms with Crippen molar-refractivity contribution in [2.75, 3.05) is 11.4 Å². The van der Waals surface area contributed by atoms with E-state index in [-0.39, 0.29) is 0 Å². The lowest BCUT2D eigenvalue weighted by atomic mass is 10.1. The van der Waals surface area contributed by atoms with Crippen molar-refractivity contribution in [3.8, 4) is 0 Å². The quantitative estimate of drug-likeness (QED) is 0.776. The molecule has 1 saturated heterocycles. The van der Waals surface area contributed by atoms with Gasteiger partial charge in [0.2, 0.25) is 0 Å². The first kappa shape index (κ1) is 9.86. The molecule has 1 atom stereocenters. The van der Waals surface area contributed by atoms with Gasteiger partial charge in [0, 0.05) is 12.7 Å². The third-order valence-electron chi connectivity index (χ3n) is 2.38. The first-order valence-corrected chi connectivity index (χ1v) is 5.50. The zero-order chi connectivity index (χ0) is 9.97. The molecule has 4 nitrogen and oxygen atoms in total. The predicted octanol–water partition coefficient (Wildman–Crippen LogP) is 1.55. The van der Waals surface area contributed by atoms with Crippen molar-refractivity contribution >= 4 is 21.7 Å². The molecule has 0 saturated carbocycles. The molecule has 0 bridgehead atoms. The second-order valence-corrected chi connectivity index (χ2v) is 4.06. The van der Waals surface area contributed by atoms with Gasteiger partial charge in [-0.05, 0) is 41.3 Å². The zero-order valence-electron chi connectivity index (χ0n) is 7.73. The minimum Gasteiger partial charge on any atom is -0.374 e. The molecule has 1 unspecified atom stereocenters. The molecule has 1 aliphatic heterocycles. The van der Waals surface area contributed by atoms with E-state index in [2.05, 4.69) is 25.9 Å². The van der Waals surface area contributed by atoms with E-state index in [4.69, 9.17) is 0 Å². The summed E-state index contributed by atoms with van der Waals surface area (Å²) in [4.78, 5) is 10.1. The fourth-order valence-corrected chi connectivity index (χ4v) is 1.97. The summed E-state index contributed by atoms with van der Waals surface area (Å²) in [5.74, 6) is 0.791. The van der Waals surface area contributed by atoms with Gasteiger partial charge in [-0.2, -0.15) is 0 Å². The lowest BCUT2D eigenvalue weighted by Crippen LogP contribution is -2.39. The number of aliphatic hydroxyl groups is 1. The third kappa shape index (κ3) is 2.04. The van der Waals surface area contributed by atoms with Crippen molar-refractivity contribution in [2.24, 2.45) is 0 Å². The van der Waals surface area contributed by atoms with Gasteiger partial charge in [0.05, 0.1) is 0 Å². The maximum atomic E-state index is 9.76. The molecule has 1 aromatic rings. The molecule has 5 heteroatoms. The Morgan fingerprint density at radius 1 is 1.50 bits per heavy atom. The molecule has 0 spiro atoms. The number of aliphatic hydroxyl groups excluding tert-OH is 1. The highest BCUT2D eigenvalue weighted by Gasteiger charge is 2.21. The molecule has 1 N–H and O–H groups in total. The highest BCUT2D eigenvalue weighted by molar-refractivity contribution is 9.10. The highest BCUT2D eigenvalue weighted by atomic mass is 79.9. The van der Waals surface area contributed by atoms with Gasteiger partial charge in [0.1, 0.15) is 12.0 Å². The number of hydrogen-bond acceptors (Lipinski definition) is 4. The molecule has 1 aliphatic rings. The average Bonchev–Trinajstić information content (AvgIpc) is 2.18. The molecule has 2 rings (SSSR count). The van der Waals surface area contributed by atoms with E-state index in [0.29, 0.717) is 4.73 Å². The van der Waals surface area contributed by atoms with Gasteiger partial charge in [-0.25, -0.2) is 9.97 Å². The van der Waals surface area contributed by atoms with Gasteiger partial charge in [-0.3, -0.25) is 0 Å². The van der Waals surface area contributed by atoms with Crippen molar-refractivity contribution in [1.29, 1.82) is 0 Å². The van der Waals surface area contributed by atoms with Crippen molar-refractivity contribution in [2.45, 2.75) is 25.5 Å². The molecule has 0 amide bonds. The van der Waals surface area contributed by atoms with Gasteiger partial charge in [0.25, 0.3) is 0 Å². The number of nitrogens with zero attached hydrogens (tertiary/aromatic N) is 3. The summed E-state index contributed by atoms with van der Waals surface area (Å²) >= 11 is 3.22. The van der Waals surface area contributed by atoms with E-state index in [1.807, 2.05) is 11.0 Å². The lowest BCUT2D eigenvalue weighted by molar-refractivity contribution is 0.139. The summed E-state index contributed by atoms with van der Waals surface area (Å²) in [6.07, 6.45) is 4.31. The molecule has 2 heterocycles. The number of aromatic nitrogens is 2. The molecular weight excluding hydrogens is 246 g/mol. The second kappa shape index (κ2) is 4.23. The van der Waals surface area contributed by atoms with Crippen LogP contribution in [0.15, 0.2) is 17.0 Å². The fourth-order valence-electron chi connectivity index (χ4n) is 1.67. The first-order chi connectivity index (χ1) is 6.77. The molecule has 0 aliphatic carbocycles. The topological polar surface area (TPSA) is 49.2 Å². The van der Waals surface area contributed by atoms with Crippen LogP contribution in [0.5, 0.6) is 0 Å². The molecule has 1 aromatic heterocycles. The lowest BCUT2D eigenvalue weighted by Gasteiger charge is -2.32. The smallest absolute Gasteiger partial charge is 0.198 e. The minimum absolute atomic E-state index is 0.398. The Balaban J connectivity index is 2.20. The van der Waals surface area contributed by atoms with Crippen LogP contribution in [0.4, 0.5) is 5.82 Å². The van der Waals surface area contributed by atoms with E-state index in [0.717, 1.165) is 31.6 Å². The van der Waals surface area contributed by atoms with Crippen molar-refractivity contribution in [3.63, 3.8) is 0 Å². The molecular formula is C9H12BrN3O. The van der Waals surface area contributed by atoms with Crippen LogP contribution in [0, 0.1) is 0 Å². The van der Waals surface area contributed by atoms with Gasteiger partial charge in [-0.1, -0.05) is 0 Å². The summed E-state index contributed by atoms with van der Waals surface area (Å²) in [6.45, 7) is 0.866. The largest absolute Gasteiger partial charge is 0.374 e. The van der Waals surface area contributed by atoms with Crippen LogP contribution in [0.1, 0.15) is 19.3 Å². The van der Waals surface area contributed by atoms with Crippen LogP contribution in [-0.2, 0) is 0 Å². The second-order valence-electron chi connectivity index (χ2n) is 3.35. The van der Waals surface area contributed by atoms with Gasteiger partial charge < -0.3 is 10.0 Å². The van der Waals surface area contributed by atoms with Crippen LogP contribution in [0.3, 0.4) is 0 Å². The number of anilines is 1. The van der Waals surface area contributed by atoms with Crippen molar-refractivity contribution in [1.82, 2.24) is 9.97 Å². The number of rotatable bonds is 1. The maximum Gasteiger partial charge on any atom is 0.198 e. The molecule has 76 valence electrons. The van der Waals surface area contributed by atoms with Crippen molar-refractivity contribution in [3.05, 3.63) is 17.0 Å². The summed E-state index contributed by atoms with van der Waals surface area (Å²) in [6, 6.07) is 1.82. The van der Waals surface area contributed by atoms with E-state index in [1.54, 1.807) is 6.20 Å². The predicted molar refractivity (Wildman–Crippen MR) is 56.9 cm³/mol. The van der Waals surface area contributed by atoms with Gasteiger partial charge in [-0.15, -0.1) is 0 Å². The third-order valence-corrected chi connectivity index (χ3v) is 2.76. The van der Waals surface area contributed by atoms with E-state index in [9.17, 15) is 5.11 Å². The average molecular weight is 258 g/mol. The SMILES string of the molecule is OC1CCCCN1c1ccnc(Br)n1. The number of piperidine rings is 1. The van der Waals surface area contributed by atoms with Gasteiger partial charge >= 0.3 is 0 Å². The zero-order valence-corrected chi connectivity index (χ0v) is 9.31. The van der Waals surface area contributed by atoms with Crippen molar-refractivity contribution < 1.29 is 5.11 Å². The Hall–Kier alpha value is -0.680. The van der Waals surface area contributed by atoms with Crippen LogP contribution in [0.25, 0.3) is 0 Å². The van der Waals surface area contributed by atoms with E-state index >= 15 is 0 Å². The molecule has 1 fully saturated rings. The Morgan fingerprint density at radius 3 is 3.07 bits per heavy atom. The summed E-state index contributed by atoms with van der Waals surface area (Å²) in [5.41, 5.74) is 0. The van der Waals surface area contributed by atoms with Crippen LogP contribution < -0.4 is 4.90 Å². The standard InChI is InChI=1S/C9H12BrN3O/c10-9-11-5-4-7(12-9)13-6-2-1-3-8(13)14/h4-5,8,14H,1-3,6H2. The van der Waals surface area contributed by atoms with E-state index < -0.39 is 6.23 Å². The monoisotopic (exact) mass is 257 g/mol. The van der Waals surface area contributed by atoms with Crippen LogP contribution in [-0.4, -0.2) is 27.8 Å². The first-order valence-electron chi connectivity index (χ1n) is 4.70. The number of halogens is 1. The van der Waals surface area contributed by atoms with Crippen LogP contribution in [0.2, 0.25) is 0 Å².